The fraction of sp³-hybridized carbons (Fsp3) is 0.667. The van der Waals surface area contributed by atoms with Gasteiger partial charge < -0.3 is 5.32 Å². The molecule has 0 amide bonds. The van der Waals surface area contributed by atoms with Gasteiger partial charge in [-0.2, -0.15) is 0 Å². The molecule has 1 atom stereocenters. The molecule has 1 aliphatic rings. The Labute approximate surface area is 124 Å². The summed E-state index contributed by atoms with van der Waals surface area (Å²) in [5.41, 5.74) is 1.69. The molecule has 1 fully saturated rings. The first kappa shape index (κ1) is 15.5. The maximum Gasteiger partial charge on any atom is 0.0261 e. The summed E-state index contributed by atoms with van der Waals surface area (Å²) in [4.78, 5) is 2.70. The van der Waals surface area contributed by atoms with Gasteiger partial charge in [-0.05, 0) is 44.7 Å². The number of rotatable bonds is 5. The van der Waals surface area contributed by atoms with Crippen molar-refractivity contribution >= 4 is 0 Å². The third-order valence-corrected chi connectivity index (χ3v) is 4.24. The van der Waals surface area contributed by atoms with Crippen molar-refractivity contribution in [3.05, 3.63) is 35.9 Å². The monoisotopic (exact) mass is 274 g/mol. The maximum atomic E-state index is 3.70. The second-order valence-electron chi connectivity index (χ2n) is 7.26. The lowest BCUT2D eigenvalue weighted by atomic mass is 9.94. The van der Waals surface area contributed by atoms with Crippen molar-refractivity contribution in [3.63, 3.8) is 0 Å². The Morgan fingerprint density at radius 2 is 1.95 bits per heavy atom. The van der Waals surface area contributed by atoms with Gasteiger partial charge in [0.1, 0.15) is 0 Å². The molecule has 1 unspecified atom stereocenters. The van der Waals surface area contributed by atoms with E-state index in [0.29, 0.717) is 6.04 Å². The average Bonchev–Trinajstić information content (AvgIpc) is 2.40. The van der Waals surface area contributed by atoms with Crippen LogP contribution in [0.2, 0.25) is 0 Å². The third kappa shape index (κ3) is 4.60. The minimum absolute atomic E-state index is 0.240. The molecule has 1 aromatic rings. The number of benzene rings is 1. The van der Waals surface area contributed by atoms with E-state index in [9.17, 15) is 0 Å². The molecule has 2 heteroatoms. The van der Waals surface area contributed by atoms with Gasteiger partial charge in [0.15, 0.2) is 0 Å². The van der Waals surface area contributed by atoms with Crippen molar-refractivity contribution in [1.29, 1.82) is 0 Å². The van der Waals surface area contributed by atoms with Gasteiger partial charge in [0.2, 0.25) is 0 Å². The van der Waals surface area contributed by atoms with Crippen molar-refractivity contribution in [2.45, 2.75) is 52.1 Å². The van der Waals surface area contributed by atoms with E-state index in [4.69, 9.17) is 0 Å². The van der Waals surface area contributed by atoms with Gasteiger partial charge in [-0.3, -0.25) is 4.90 Å². The molecule has 0 bridgehead atoms. The van der Waals surface area contributed by atoms with Crippen LogP contribution in [0.5, 0.6) is 0 Å². The van der Waals surface area contributed by atoms with Gasteiger partial charge in [-0.15, -0.1) is 0 Å². The molecule has 1 aromatic carbocycles. The second-order valence-corrected chi connectivity index (χ2v) is 7.26. The van der Waals surface area contributed by atoms with Crippen LogP contribution in [0.3, 0.4) is 0 Å². The summed E-state index contributed by atoms with van der Waals surface area (Å²) in [6.07, 6.45) is 2.45. The summed E-state index contributed by atoms with van der Waals surface area (Å²) >= 11 is 0. The Hall–Kier alpha value is -0.860. The van der Waals surface area contributed by atoms with Crippen LogP contribution in [-0.4, -0.2) is 36.1 Å². The molecule has 2 rings (SSSR count). The fourth-order valence-electron chi connectivity index (χ4n) is 2.99. The van der Waals surface area contributed by atoms with Gasteiger partial charge in [0.05, 0.1) is 0 Å². The Balaban J connectivity index is 2.00. The number of nitrogens with zero attached hydrogens (tertiary/aromatic N) is 1. The van der Waals surface area contributed by atoms with E-state index in [0.717, 1.165) is 25.4 Å². The molecule has 20 heavy (non-hydrogen) atoms. The lowest BCUT2D eigenvalue weighted by molar-refractivity contribution is 0.0902. The van der Waals surface area contributed by atoms with Gasteiger partial charge in [0.25, 0.3) is 0 Å². The van der Waals surface area contributed by atoms with Crippen LogP contribution in [-0.2, 0) is 6.42 Å². The van der Waals surface area contributed by atoms with Crippen LogP contribution in [0.4, 0.5) is 0 Å². The second kappa shape index (κ2) is 6.73. The normalized spacial score (nSPS) is 23.1. The molecule has 0 aromatic heterocycles. The highest BCUT2D eigenvalue weighted by atomic mass is 15.2. The Morgan fingerprint density at radius 1 is 1.25 bits per heavy atom. The number of hydrogen-bond acceptors (Lipinski definition) is 2. The fourth-order valence-corrected chi connectivity index (χ4v) is 2.99. The van der Waals surface area contributed by atoms with Crippen molar-refractivity contribution < 1.29 is 0 Å². The quantitative estimate of drug-likeness (QED) is 0.886. The lowest BCUT2D eigenvalue weighted by Crippen LogP contribution is -2.62. The van der Waals surface area contributed by atoms with Crippen LogP contribution in [0, 0.1) is 5.92 Å². The summed E-state index contributed by atoms with van der Waals surface area (Å²) < 4.78 is 0. The van der Waals surface area contributed by atoms with Gasteiger partial charge in [-0.1, -0.05) is 44.2 Å². The summed E-state index contributed by atoms with van der Waals surface area (Å²) in [5, 5.41) is 3.70. The van der Waals surface area contributed by atoms with E-state index < -0.39 is 0 Å². The smallest absolute Gasteiger partial charge is 0.0261 e. The van der Waals surface area contributed by atoms with Crippen molar-refractivity contribution in [2.75, 3.05) is 19.6 Å². The molecule has 1 aliphatic heterocycles. The maximum absolute atomic E-state index is 3.70. The molecular formula is C18H30N2. The predicted molar refractivity (Wildman–Crippen MR) is 87.0 cm³/mol. The first-order valence-electron chi connectivity index (χ1n) is 7.99. The SMILES string of the molecule is CC(C)CCN1CC(C)(C)NCC1Cc1ccccc1. The minimum Gasteiger partial charge on any atom is -0.309 e. The van der Waals surface area contributed by atoms with Crippen molar-refractivity contribution in [1.82, 2.24) is 10.2 Å². The van der Waals surface area contributed by atoms with Gasteiger partial charge in [0, 0.05) is 24.7 Å². The molecule has 1 saturated heterocycles. The highest BCUT2D eigenvalue weighted by Gasteiger charge is 2.32. The van der Waals surface area contributed by atoms with Crippen LogP contribution >= 0.6 is 0 Å². The molecule has 2 nitrogen and oxygen atoms in total. The first-order valence-corrected chi connectivity index (χ1v) is 7.99. The highest BCUT2D eigenvalue weighted by Crippen LogP contribution is 2.19. The molecule has 0 aliphatic carbocycles. The predicted octanol–water partition coefficient (Wildman–Crippen LogP) is 3.33. The Bertz CT molecular complexity index is 397. The third-order valence-electron chi connectivity index (χ3n) is 4.24. The van der Waals surface area contributed by atoms with E-state index in [2.05, 4.69) is 68.2 Å². The van der Waals surface area contributed by atoms with E-state index in [1.54, 1.807) is 0 Å². The Morgan fingerprint density at radius 3 is 2.60 bits per heavy atom. The summed E-state index contributed by atoms with van der Waals surface area (Å²) in [5.74, 6) is 0.783. The largest absolute Gasteiger partial charge is 0.309 e. The molecule has 0 radical (unpaired) electrons. The van der Waals surface area contributed by atoms with E-state index in [1.165, 1.54) is 18.5 Å². The summed E-state index contributed by atoms with van der Waals surface area (Å²) in [7, 11) is 0. The molecular weight excluding hydrogens is 244 g/mol. The summed E-state index contributed by atoms with van der Waals surface area (Å²) in [6, 6.07) is 11.5. The number of nitrogens with one attached hydrogen (secondary N) is 1. The first-order chi connectivity index (χ1) is 9.46. The van der Waals surface area contributed by atoms with Gasteiger partial charge in [-0.25, -0.2) is 0 Å². The topological polar surface area (TPSA) is 15.3 Å². The molecule has 1 heterocycles. The van der Waals surface area contributed by atoms with E-state index in [1.807, 2.05) is 0 Å². The zero-order valence-electron chi connectivity index (χ0n) is 13.5. The van der Waals surface area contributed by atoms with Crippen LogP contribution in [0.1, 0.15) is 39.7 Å². The average molecular weight is 274 g/mol. The standard InChI is InChI=1S/C18H30N2/c1-15(2)10-11-20-14-18(3,4)19-13-17(20)12-16-8-6-5-7-9-16/h5-9,15,17,19H,10-14H2,1-4H3. The molecule has 112 valence electrons. The van der Waals surface area contributed by atoms with E-state index >= 15 is 0 Å². The zero-order chi connectivity index (χ0) is 14.6. The molecule has 1 N–H and O–H groups in total. The number of piperazine rings is 1. The lowest BCUT2D eigenvalue weighted by Gasteiger charge is -2.45. The Kier molecular flexibility index (Phi) is 5.22. The zero-order valence-corrected chi connectivity index (χ0v) is 13.5. The molecule has 0 spiro atoms. The minimum atomic E-state index is 0.240. The highest BCUT2D eigenvalue weighted by molar-refractivity contribution is 5.16. The van der Waals surface area contributed by atoms with Crippen molar-refractivity contribution in [3.8, 4) is 0 Å². The van der Waals surface area contributed by atoms with Gasteiger partial charge >= 0.3 is 0 Å². The summed E-state index contributed by atoms with van der Waals surface area (Å²) in [6.45, 7) is 12.7. The number of hydrogen-bond donors (Lipinski definition) is 1. The molecule has 0 saturated carbocycles. The van der Waals surface area contributed by atoms with Crippen LogP contribution < -0.4 is 5.32 Å². The van der Waals surface area contributed by atoms with E-state index in [-0.39, 0.29) is 5.54 Å². The van der Waals surface area contributed by atoms with Crippen LogP contribution in [0.25, 0.3) is 0 Å². The van der Waals surface area contributed by atoms with Crippen molar-refractivity contribution in [2.24, 2.45) is 5.92 Å². The van der Waals surface area contributed by atoms with Crippen LogP contribution in [0.15, 0.2) is 30.3 Å².